The molecule has 8 heteroatoms. The highest BCUT2D eigenvalue weighted by Crippen LogP contribution is 2.34. The first-order valence-corrected chi connectivity index (χ1v) is 8.94. The first-order valence-electron chi connectivity index (χ1n) is 8.56. The normalized spacial score (nSPS) is 10.7. The van der Waals surface area contributed by atoms with E-state index >= 15 is 0 Å². The maximum absolute atomic E-state index is 13.9. The summed E-state index contributed by atoms with van der Waals surface area (Å²) in [4.78, 5) is 14.0. The van der Waals surface area contributed by atoms with E-state index in [1.807, 2.05) is 0 Å². The molecule has 0 unspecified atom stereocenters. The summed E-state index contributed by atoms with van der Waals surface area (Å²) in [5.41, 5.74) is 1.11. The molecule has 0 saturated heterocycles. The second-order valence-corrected chi connectivity index (χ2v) is 6.58. The van der Waals surface area contributed by atoms with Crippen molar-refractivity contribution in [2.24, 2.45) is 0 Å². The van der Waals surface area contributed by atoms with Crippen LogP contribution in [0.15, 0.2) is 30.3 Å². The minimum atomic E-state index is -0.394. The fourth-order valence-corrected chi connectivity index (χ4v) is 2.96. The highest BCUT2D eigenvalue weighted by Gasteiger charge is 2.15. The summed E-state index contributed by atoms with van der Waals surface area (Å²) in [7, 11) is 6.34. The van der Waals surface area contributed by atoms with E-state index in [-0.39, 0.29) is 25.5 Å². The molecule has 1 N–H and O–H groups in total. The predicted octanol–water partition coefficient (Wildman–Crippen LogP) is 3.25. The Morgan fingerprint density at radius 1 is 1.11 bits per heavy atom. The molecule has 0 saturated carbocycles. The molecule has 2 aromatic rings. The molecule has 0 aliphatic carbocycles. The van der Waals surface area contributed by atoms with Crippen molar-refractivity contribution in [1.29, 1.82) is 0 Å². The second kappa shape index (κ2) is 10.1. The lowest BCUT2D eigenvalue weighted by molar-refractivity contribution is -0.122. The molecule has 0 aromatic heterocycles. The lowest BCUT2D eigenvalue weighted by Gasteiger charge is -2.18. The molecule has 0 bridgehead atoms. The summed E-state index contributed by atoms with van der Waals surface area (Å²) in [6.07, 6.45) is 0. The van der Waals surface area contributed by atoms with E-state index < -0.39 is 5.82 Å². The molecule has 2 aromatic carbocycles. The molecule has 152 valence electrons. The van der Waals surface area contributed by atoms with Crippen molar-refractivity contribution in [2.45, 2.75) is 13.1 Å². The summed E-state index contributed by atoms with van der Waals surface area (Å²) in [6, 6.07) is 7.97. The quantitative estimate of drug-likeness (QED) is 0.687. The van der Waals surface area contributed by atoms with E-state index in [0.717, 1.165) is 5.56 Å². The van der Waals surface area contributed by atoms with Gasteiger partial charge in [-0.15, -0.1) is 0 Å². The van der Waals surface area contributed by atoms with Crippen LogP contribution in [0.3, 0.4) is 0 Å². The van der Waals surface area contributed by atoms with E-state index in [1.54, 1.807) is 43.3 Å². The minimum Gasteiger partial charge on any atom is -0.496 e. The van der Waals surface area contributed by atoms with Gasteiger partial charge in [-0.2, -0.15) is 0 Å². The highest BCUT2D eigenvalue weighted by atomic mass is 35.5. The fraction of sp³-hybridized carbons (Fsp3) is 0.350. The molecule has 0 spiro atoms. The van der Waals surface area contributed by atoms with Crippen molar-refractivity contribution in [1.82, 2.24) is 10.2 Å². The number of hydrogen-bond donors (Lipinski definition) is 1. The molecule has 0 fully saturated rings. The van der Waals surface area contributed by atoms with Crippen molar-refractivity contribution >= 4 is 17.5 Å². The monoisotopic (exact) mass is 410 g/mol. The molecular weight excluding hydrogens is 387 g/mol. The van der Waals surface area contributed by atoms with Crippen LogP contribution >= 0.6 is 11.6 Å². The average molecular weight is 411 g/mol. The minimum absolute atomic E-state index is 0.0836. The Bertz CT molecular complexity index is 812. The number of rotatable bonds is 9. The van der Waals surface area contributed by atoms with Gasteiger partial charge in [-0.05, 0) is 25.2 Å². The van der Waals surface area contributed by atoms with Gasteiger partial charge < -0.3 is 19.5 Å². The predicted molar refractivity (Wildman–Crippen MR) is 106 cm³/mol. The molecule has 0 radical (unpaired) electrons. The Balaban J connectivity index is 1.98. The van der Waals surface area contributed by atoms with E-state index in [0.29, 0.717) is 27.8 Å². The molecule has 0 aliphatic rings. The maximum Gasteiger partial charge on any atom is 0.234 e. The van der Waals surface area contributed by atoms with Gasteiger partial charge in [-0.25, -0.2) is 4.39 Å². The highest BCUT2D eigenvalue weighted by molar-refractivity contribution is 6.31. The number of benzene rings is 2. The summed E-state index contributed by atoms with van der Waals surface area (Å²) in [5, 5.41) is 3.16. The smallest absolute Gasteiger partial charge is 0.234 e. The van der Waals surface area contributed by atoms with Gasteiger partial charge in [0.15, 0.2) is 11.5 Å². The average Bonchev–Trinajstić information content (AvgIpc) is 2.68. The van der Waals surface area contributed by atoms with E-state index in [2.05, 4.69) is 5.32 Å². The Hall–Kier alpha value is -2.51. The van der Waals surface area contributed by atoms with Gasteiger partial charge in [-0.1, -0.05) is 17.7 Å². The maximum atomic E-state index is 13.9. The van der Waals surface area contributed by atoms with Crippen molar-refractivity contribution in [3.05, 3.63) is 52.3 Å². The number of halogens is 2. The van der Waals surface area contributed by atoms with Crippen LogP contribution in [-0.4, -0.2) is 45.7 Å². The molecule has 0 aliphatic heterocycles. The van der Waals surface area contributed by atoms with Crippen molar-refractivity contribution in [3.63, 3.8) is 0 Å². The molecular formula is C20H24ClFN2O4. The molecule has 0 atom stereocenters. The van der Waals surface area contributed by atoms with Crippen LogP contribution in [0.25, 0.3) is 0 Å². The zero-order chi connectivity index (χ0) is 20.7. The first kappa shape index (κ1) is 21.8. The van der Waals surface area contributed by atoms with Gasteiger partial charge in [0.1, 0.15) is 11.6 Å². The van der Waals surface area contributed by atoms with Crippen molar-refractivity contribution in [2.75, 3.05) is 34.9 Å². The van der Waals surface area contributed by atoms with Crippen LogP contribution in [0.2, 0.25) is 5.02 Å². The Labute approximate surface area is 169 Å². The van der Waals surface area contributed by atoms with Crippen LogP contribution in [0.1, 0.15) is 11.1 Å². The summed E-state index contributed by atoms with van der Waals surface area (Å²) in [5.74, 6) is 1.04. The lowest BCUT2D eigenvalue weighted by Crippen LogP contribution is -2.34. The summed E-state index contributed by atoms with van der Waals surface area (Å²) >= 11 is 6.03. The van der Waals surface area contributed by atoms with Gasteiger partial charge in [0, 0.05) is 35.3 Å². The Kier molecular flexibility index (Phi) is 7.90. The largest absolute Gasteiger partial charge is 0.496 e. The Morgan fingerprint density at radius 2 is 1.75 bits per heavy atom. The number of nitrogens with one attached hydrogen (secondary N) is 1. The molecule has 28 heavy (non-hydrogen) atoms. The molecule has 6 nitrogen and oxygen atoms in total. The number of carbonyl (C=O) groups excluding carboxylic acids is 1. The number of ether oxygens (including phenoxy) is 3. The SMILES string of the molecule is COc1cc(OC)c(OC)cc1CNC(=O)CN(C)Cc1c(F)cccc1Cl. The third-order valence-corrected chi connectivity index (χ3v) is 4.52. The van der Waals surface area contributed by atoms with Crippen molar-refractivity contribution in [3.8, 4) is 17.2 Å². The zero-order valence-electron chi connectivity index (χ0n) is 16.3. The Morgan fingerprint density at radius 3 is 2.36 bits per heavy atom. The van der Waals surface area contributed by atoms with Gasteiger partial charge in [-0.3, -0.25) is 9.69 Å². The number of amides is 1. The van der Waals surface area contributed by atoms with Gasteiger partial charge in [0.2, 0.25) is 5.91 Å². The fourth-order valence-electron chi connectivity index (χ4n) is 2.73. The van der Waals surface area contributed by atoms with E-state index in [1.165, 1.54) is 20.3 Å². The van der Waals surface area contributed by atoms with Crippen LogP contribution in [0.4, 0.5) is 4.39 Å². The number of likely N-dealkylation sites (N-methyl/N-ethyl adjacent to an activating group) is 1. The van der Waals surface area contributed by atoms with Crippen LogP contribution in [0, 0.1) is 5.82 Å². The topological polar surface area (TPSA) is 60.0 Å². The molecule has 1 amide bonds. The molecule has 0 heterocycles. The van der Waals surface area contributed by atoms with E-state index in [9.17, 15) is 9.18 Å². The van der Waals surface area contributed by atoms with E-state index in [4.69, 9.17) is 25.8 Å². The summed E-state index contributed by atoms with van der Waals surface area (Å²) < 4.78 is 29.8. The van der Waals surface area contributed by atoms with Crippen LogP contribution < -0.4 is 19.5 Å². The summed E-state index contributed by atoms with van der Waals surface area (Å²) in [6.45, 7) is 0.551. The van der Waals surface area contributed by atoms with Crippen LogP contribution in [-0.2, 0) is 17.9 Å². The second-order valence-electron chi connectivity index (χ2n) is 6.17. The number of hydrogen-bond acceptors (Lipinski definition) is 5. The third-order valence-electron chi connectivity index (χ3n) is 4.17. The number of nitrogens with zero attached hydrogens (tertiary/aromatic N) is 1. The van der Waals surface area contributed by atoms with Gasteiger partial charge in [0.25, 0.3) is 0 Å². The van der Waals surface area contributed by atoms with Crippen LogP contribution in [0.5, 0.6) is 17.2 Å². The molecule has 2 rings (SSSR count). The van der Waals surface area contributed by atoms with Crippen molar-refractivity contribution < 1.29 is 23.4 Å². The first-order chi connectivity index (χ1) is 13.4. The van der Waals surface area contributed by atoms with Gasteiger partial charge >= 0.3 is 0 Å². The number of carbonyl (C=O) groups is 1. The standard InChI is InChI=1S/C20H24ClFN2O4/c1-24(11-14-15(21)6-5-7-16(14)22)12-20(25)23-10-13-8-18(27-3)19(28-4)9-17(13)26-2/h5-9H,10-12H2,1-4H3,(H,23,25). The number of methoxy groups -OCH3 is 3. The zero-order valence-corrected chi connectivity index (χ0v) is 17.1. The third kappa shape index (κ3) is 5.50. The lowest BCUT2D eigenvalue weighted by atomic mass is 10.1. The van der Waals surface area contributed by atoms with Gasteiger partial charge in [0.05, 0.1) is 27.9 Å².